The summed E-state index contributed by atoms with van der Waals surface area (Å²) in [7, 11) is -5.31. The van der Waals surface area contributed by atoms with Gasteiger partial charge >= 0.3 is 15.5 Å². The normalized spacial score (nSPS) is 22.4. The van der Waals surface area contributed by atoms with Gasteiger partial charge in [-0.2, -0.15) is 13.2 Å². The molecule has 0 heterocycles. The molecule has 1 fully saturated rings. The van der Waals surface area contributed by atoms with Crippen LogP contribution in [0, 0.1) is 11.7 Å². The minimum absolute atomic E-state index is 0.232. The second-order valence-corrected chi connectivity index (χ2v) is 10.0. The number of sulfonamides is 1. The van der Waals surface area contributed by atoms with E-state index in [2.05, 4.69) is 5.32 Å². The molecule has 0 spiro atoms. The van der Waals surface area contributed by atoms with Gasteiger partial charge < -0.3 is 10.4 Å². The summed E-state index contributed by atoms with van der Waals surface area (Å²) >= 11 is 0. The molecule has 0 radical (unpaired) electrons. The van der Waals surface area contributed by atoms with E-state index >= 15 is 0 Å². The van der Waals surface area contributed by atoms with Crippen molar-refractivity contribution in [3.8, 4) is 0 Å². The molecule has 1 aliphatic carbocycles. The van der Waals surface area contributed by atoms with E-state index in [4.69, 9.17) is 0 Å². The molecule has 1 aromatic carbocycles. The molecule has 1 aromatic rings. The van der Waals surface area contributed by atoms with Gasteiger partial charge in [0.1, 0.15) is 5.82 Å². The third kappa shape index (κ3) is 7.20. The maximum Gasteiger partial charge on any atom is 0.511 e. The van der Waals surface area contributed by atoms with Crippen molar-refractivity contribution in [2.24, 2.45) is 5.92 Å². The van der Waals surface area contributed by atoms with Crippen molar-refractivity contribution in [1.82, 2.24) is 10.0 Å². The van der Waals surface area contributed by atoms with E-state index in [9.17, 15) is 31.1 Å². The lowest BCUT2D eigenvalue weighted by atomic mass is 9.79. The van der Waals surface area contributed by atoms with Gasteiger partial charge in [-0.15, -0.1) is 0 Å². The summed E-state index contributed by atoms with van der Waals surface area (Å²) < 4.78 is 74.9. The lowest BCUT2D eigenvalue weighted by Gasteiger charge is -2.35. The van der Waals surface area contributed by atoms with Crippen molar-refractivity contribution in [2.75, 3.05) is 6.54 Å². The van der Waals surface area contributed by atoms with Crippen LogP contribution in [-0.4, -0.2) is 37.2 Å². The van der Waals surface area contributed by atoms with Crippen LogP contribution in [0.25, 0.3) is 0 Å². The lowest BCUT2D eigenvalue weighted by molar-refractivity contribution is -0.0452. The highest BCUT2D eigenvalue weighted by molar-refractivity contribution is 7.90. The highest BCUT2D eigenvalue weighted by Crippen LogP contribution is 2.32. The van der Waals surface area contributed by atoms with Gasteiger partial charge in [-0.05, 0) is 69.6 Å². The average Bonchev–Trinajstić information content (AvgIpc) is 2.60. The van der Waals surface area contributed by atoms with Crippen LogP contribution in [0.4, 0.5) is 17.6 Å². The molecular weight excluding hydrogens is 412 g/mol. The Balaban J connectivity index is 1.80. The van der Waals surface area contributed by atoms with Crippen molar-refractivity contribution in [2.45, 2.75) is 69.1 Å². The smallest absolute Gasteiger partial charge is 0.387 e. The van der Waals surface area contributed by atoms with E-state index in [0.29, 0.717) is 31.2 Å². The first-order valence-corrected chi connectivity index (χ1v) is 11.0. The molecule has 0 unspecified atom stereocenters. The summed E-state index contributed by atoms with van der Waals surface area (Å²) in [5, 5.41) is 13.5. The number of rotatable bonds is 8. The first-order valence-electron chi connectivity index (χ1n) is 9.56. The molecule has 0 bridgehead atoms. The monoisotopic (exact) mass is 440 g/mol. The van der Waals surface area contributed by atoms with E-state index in [-0.39, 0.29) is 18.0 Å². The Hall–Kier alpha value is -1.23. The predicted octanol–water partition coefficient (Wildman–Crippen LogP) is 3.62. The van der Waals surface area contributed by atoms with Crippen LogP contribution in [0.5, 0.6) is 0 Å². The number of aliphatic hydroxyl groups is 1. The van der Waals surface area contributed by atoms with Crippen LogP contribution in [-0.2, 0) is 10.0 Å². The molecule has 1 aliphatic rings. The van der Waals surface area contributed by atoms with E-state index < -0.39 is 33.5 Å². The summed E-state index contributed by atoms with van der Waals surface area (Å²) in [6, 6.07) is 5.06. The third-order valence-corrected chi connectivity index (χ3v) is 6.53. The minimum Gasteiger partial charge on any atom is -0.387 e. The molecule has 0 aliphatic heterocycles. The largest absolute Gasteiger partial charge is 0.511 e. The van der Waals surface area contributed by atoms with Crippen molar-refractivity contribution in [3.63, 3.8) is 0 Å². The highest BCUT2D eigenvalue weighted by atomic mass is 32.2. The average molecular weight is 441 g/mol. The zero-order chi connectivity index (χ0) is 21.9. The molecule has 5 nitrogen and oxygen atoms in total. The highest BCUT2D eigenvalue weighted by Gasteiger charge is 2.47. The van der Waals surface area contributed by atoms with E-state index in [0.717, 1.165) is 6.42 Å². The van der Waals surface area contributed by atoms with Crippen molar-refractivity contribution in [1.29, 1.82) is 0 Å². The molecular formula is C19H28F4N2O3S. The van der Waals surface area contributed by atoms with Gasteiger partial charge in [0.25, 0.3) is 0 Å². The molecule has 0 aromatic heterocycles. The van der Waals surface area contributed by atoms with Crippen LogP contribution < -0.4 is 10.0 Å². The second-order valence-electron chi connectivity index (χ2n) is 8.32. The van der Waals surface area contributed by atoms with Crippen molar-refractivity contribution >= 4 is 10.0 Å². The fourth-order valence-corrected chi connectivity index (χ4v) is 4.58. The molecule has 2 rings (SSSR count). The molecule has 0 saturated heterocycles. The zero-order valence-corrected chi connectivity index (χ0v) is 17.3. The number of benzene rings is 1. The predicted molar refractivity (Wildman–Crippen MR) is 102 cm³/mol. The third-order valence-electron chi connectivity index (χ3n) is 5.28. The molecule has 29 heavy (non-hydrogen) atoms. The van der Waals surface area contributed by atoms with Gasteiger partial charge in [0.05, 0.1) is 6.10 Å². The first-order chi connectivity index (χ1) is 13.3. The molecule has 166 valence electrons. The Kier molecular flexibility index (Phi) is 7.69. The van der Waals surface area contributed by atoms with Gasteiger partial charge in [-0.3, -0.25) is 0 Å². The quantitative estimate of drug-likeness (QED) is 0.540. The van der Waals surface area contributed by atoms with Gasteiger partial charge in [0.15, 0.2) is 0 Å². The van der Waals surface area contributed by atoms with Crippen molar-refractivity contribution in [3.05, 3.63) is 35.6 Å². The Bertz CT molecular complexity index is 776. The first kappa shape index (κ1) is 24.0. The fourth-order valence-electron chi connectivity index (χ4n) is 3.77. The number of hydrogen-bond donors (Lipinski definition) is 3. The summed E-state index contributed by atoms with van der Waals surface area (Å²) in [4.78, 5) is 0. The van der Waals surface area contributed by atoms with Gasteiger partial charge in [-0.1, -0.05) is 12.1 Å². The number of aliphatic hydroxyl groups excluding tert-OH is 1. The summed E-state index contributed by atoms with van der Waals surface area (Å²) in [5.74, 6) is -0.186. The van der Waals surface area contributed by atoms with Gasteiger partial charge in [-0.25, -0.2) is 17.5 Å². The lowest BCUT2D eigenvalue weighted by Crippen LogP contribution is -2.46. The summed E-state index contributed by atoms with van der Waals surface area (Å²) in [6.45, 7) is 4.16. The van der Waals surface area contributed by atoms with Crippen LogP contribution >= 0.6 is 0 Å². The number of hydrogen-bond acceptors (Lipinski definition) is 4. The summed E-state index contributed by atoms with van der Waals surface area (Å²) in [6.07, 6.45) is 1.79. The van der Waals surface area contributed by atoms with E-state index in [1.807, 2.05) is 13.8 Å². The van der Waals surface area contributed by atoms with Crippen molar-refractivity contribution < 1.29 is 31.1 Å². The van der Waals surface area contributed by atoms with Crippen LogP contribution in [0.1, 0.15) is 57.6 Å². The number of halogens is 4. The Morgan fingerprint density at radius 1 is 1.17 bits per heavy atom. The van der Waals surface area contributed by atoms with E-state index in [1.165, 1.54) is 18.2 Å². The molecule has 1 atom stereocenters. The fraction of sp³-hybridized carbons (Fsp3) is 0.684. The Labute approximate surface area is 168 Å². The number of β-amino-alcohol motifs (C(OH)–C–C–N with tert-alkyl or cyclic N) is 1. The standard InChI is InChI=1S/C19H28F4N2O3S/c1-18(2,24-12-17(26)14-4-3-5-15(20)10-14)11-13-6-8-16(9-7-13)25-29(27,28)19(21,22)23/h3-5,10,13,16-17,24-26H,6-9,11-12H2,1-2H3/t13-,16-,17-/m0/s1. The summed E-state index contributed by atoms with van der Waals surface area (Å²) in [5.41, 5.74) is -5.17. The van der Waals surface area contributed by atoms with Crippen LogP contribution in [0.2, 0.25) is 0 Å². The Morgan fingerprint density at radius 2 is 1.79 bits per heavy atom. The minimum atomic E-state index is -5.31. The SMILES string of the molecule is CC(C)(C[C@H]1CC[C@H](NS(=O)(=O)C(F)(F)F)CC1)NC[C@H](O)c1cccc(F)c1. The Morgan fingerprint density at radius 3 is 2.34 bits per heavy atom. The number of nitrogens with one attached hydrogen (secondary N) is 2. The molecule has 3 N–H and O–H groups in total. The van der Waals surface area contributed by atoms with Gasteiger partial charge in [0.2, 0.25) is 0 Å². The maximum absolute atomic E-state index is 13.3. The number of alkyl halides is 3. The van der Waals surface area contributed by atoms with E-state index in [1.54, 1.807) is 10.8 Å². The molecule has 1 saturated carbocycles. The van der Waals surface area contributed by atoms with Gasteiger partial charge in [0, 0.05) is 18.1 Å². The molecule has 10 heteroatoms. The molecule has 0 amide bonds. The second kappa shape index (κ2) is 9.28. The topological polar surface area (TPSA) is 78.4 Å². The zero-order valence-electron chi connectivity index (χ0n) is 16.5. The maximum atomic E-state index is 13.3. The van der Waals surface area contributed by atoms with Crippen LogP contribution in [0.3, 0.4) is 0 Å². The van der Waals surface area contributed by atoms with Crippen LogP contribution in [0.15, 0.2) is 24.3 Å².